The Bertz CT molecular complexity index is 1020. The summed E-state index contributed by atoms with van der Waals surface area (Å²) in [4.78, 5) is 28.3. The molecular formula is C22H22F2N4O3. The molecule has 2 amide bonds. The van der Waals surface area contributed by atoms with E-state index in [-0.39, 0.29) is 47.3 Å². The zero-order valence-corrected chi connectivity index (χ0v) is 17.0. The van der Waals surface area contributed by atoms with Crippen molar-refractivity contribution < 1.29 is 23.1 Å². The number of amides is 2. The predicted octanol–water partition coefficient (Wildman–Crippen LogP) is 3.56. The lowest BCUT2D eigenvalue weighted by molar-refractivity contribution is -0.124. The lowest BCUT2D eigenvalue weighted by Crippen LogP contribution is -2.40. The topological polar surface area (TPSA) is 104 Å². The van der Waals surface area contributed by atoms with Crippen molar-refractivity contribution in [2.75, 3.05) is 12.4 Å². The van der Waals surface area contributed by atoms with Gasteiger partial charge in [-0.25, -0.2) is 13.8 Å². The first-order valence-corrected chi connectivity index (χ1v) is 9.88. The van der Waals surface area contributed by atoms with Gasteiger partial charge >= 0.3 is 0 Å². The summed E-state index contributed by atoms with van der Waals surface area (Å²) in [5.41, 5.74) is 0.449. The Labute approximate surface area is 178 Å². The minimum atomic E-state index is -0.638. The van der Waals surface area contributed by atoms with Crippen LogP contribution in [0.3, 0.4) is 0 Å². The zero-order valence-electron chi connectivity index (χ0n) is 17.0. The fraction of sp³-hybridized carbons (Fsp3) is 0.364. The van der Waals surface area contributed by atoms with Gasteiger partial charge in [-0.2, -0.15) is 5.26 Å². The highest BCUT2D eigenvalue weighted by Gasteiger charge is 2.28. The highest BCUT2D eigenvalue weighted by molar-refractivity contribution is 5.92. The molecule has 1 aromatic heterocycles. The number of hydrogen-bond acceptors (Lipinski definition) is 5. The van der Waals surface area contributed by atoms with Gasteiger partial charge in [-0.15, -0.1) is 0 Å². The van der Waals surface area contributed by atoms with Gasteiger partial charge in [0.15, 0.2) is 0 Å². The number of methoxy groups -OCH3 is 1. The summed E-state index contributed by atoms with van der Waals surface area (Å²) >= 11 is 0. The van der Waals surface area contributed by atoms with E-state index in [0.29, 0.717) is 18.4 Å². The van der Waals surface area contributed by atoms with E-state index in [9.17, 15) is 18.4 Å². The number of aromatic nitrogens is 1. The summed E-state index contributed by atoms with van der Waals surface area (Å²) in [5, 5.41) is 14.1. The van der Waals surface area contributed by atoms with Crippen LogP contribution in [0.25, 0.3) is 11.1 Å². The number of rotatable bonds is 6. The lowest BCUT2D eigenvalue weighted by atomic mass is 9.85. The van der Waals surface area contributed by atoms with E-state index in [1.165, 1.54) is 25.3 Å². The van der Waals surface area contributed by atoms with Gasteiger partial charge in [-0.3, -0.25) is 9.59 Å². The van der Waals surface area contributed by atoms with Crippen molar-refractivity contribution in [3.8, 4) is 22.9 Å². The number of pyridine rings is 1. The minimum Gasteiger partial charge on any atom is -0.496 e. The first-order chi connectivity index (χ1) is 14.9. The molecule has 1 fully saturated rings. The average molecular weight is 428 g/mol. The Morgan fingerprint density at radius 1 is 1.26 bits per heavy atom. The summed E-state index contributed by atoms with van der Waals surface area (Å²) in [6.45, 7) is 0. The van der Waals surface area contributed by atoms with E-state index in [4.69, 9.17) is 10.00 Å². The molecule has 0 bridgehead atoms. The summed E-state index contributed by atoms with van der Waals surface area (Å²) in [6, 6.07) is 6.73. The van der Waals surface area contributed by atoms with Crippen LogP contribution in [0.4, 0.5) is 14.6 Å². The van der Waals surface area contributed by atoms with Crippen molar-refractivity contribution in [3.63, 3.8) is 0 Å². The van der Waals surface area contributed by atoms with Crippen LogP contribution in [0.2, 0.25) is 0 Å². The third-order valence-electron chi connectivity index (χ3n) is 5.21. The molecule has 9 heteroatoms. The highest BCUT2D eigenvalue weighted by Crippen LogP contribution is 2.33. The van der Waals surface area contributed by atoms with E-state index in [1.807, 2.05) is 0 Å². The molecule has 3 rings (SSSR count). The summed E-state index contributed by atoms with van der Waals surface area (Å²) < 4.78 is 33.0. The molecule has 2 aromatic rings. The highest BCUT2D eigenvalue weighted by atomic mass is 19.1. The maximum Gasteiger partial charge on any atom is 0.234 e. The number of anilines is 1. The molecular weight excluding hydrogens is 406 g/mol. The van der Waals surface area contributed by atoms with Crippen molar-refractivity contribution in [3.05, 3.63) is 42.1 Å². The van der Waals surface area contributed by atoms with Crippen molar-refractivity contribution in [1.29, 1.82) is 5.26 Å². The molecule has 0 saturated heterocycles. The van der Waals surface area contributed by atoms with Gasteiger partial charge in [0.1, 0.15) is 29.6 Å². The third kappa shape index (κ3) is 5.54. The third-order valence-corrected chi connectivity index (χ3v) is 5.21. The summed E-state index contributed by atoms with van der Waals surface area (Å²) in [7, 11) is 1.36. The molecule has 1 aliphatic rings. The quantitative estimate of drug-likeness (QED) is 0.732. The average Bonchev–Trinajstić information content (AvgIpc) is 2.75. The largest absolute Gasteiger partial charge is 0.496 e. The van der Waals surface area contributed by atoms with E-state index in [0.717, 1.165) is 25.1 Å². The SMILES string of the molecule is COc1cc(F)ccc1-c1cc(NC(=O)[C@H]2CCCC(NC(=O)CC#N)C2)ncc1F. The van der Waals surface area contributed by atoms with E-state index < -0.39 is 11.6 Å². The second-order valence-electron chi connectivity index (χ2n) is 7.35. The smallest absolute Gasteiger partial charge is 0.234 e. The zero-order chi connectivity index (χ0) is 22.4. The van der Waals surface area contributed by atoms with Gasteiger partial charge in [0.25, 0.3) is 0 Å². The molecule has 0 aliphatic heterocycles. The van der Waals surface area contributed by atoms with Gasteiger partial charge in [0.05, 0.1) is 19.4 Å². The number of carbonyl (C=O) groups excluding carboxylic acids is 2. The van der Waals surface area contributed by atoms with Crippen LogP contribution in [0.1, 0.15) is 32.1 Å². The molecule has 1 heterocycles. The van der Waals surface area contributed by atoms with Gasteiger partial charge in [0, 0.05) is 29.2 Å². The molecule has 1 unspecified atom stereocenters. The molecule has 31 heavy (non-hydrogen) atoms. The Balaban J connectivity index is 1.73. The van der Waals surface area contributed by atoms with Crippen molar-refractivity contribution in [2.24, 2.45) is 5.92 Å². The number of hydrogen-bond donors (Lipinski definition) is 2. The molecule has 162 valence electrons. The van der Waals surface area contributed by atoms with Crippen molar-refractivity contribution in [2.45, 2.75) is 38.1 Å². The Morgan fingerprint density at radius 2 is 2.06 bits per heavy atom. The molecule has 0 spiro atoms. The van der Waals surface area contributed by atoms with Crippen molar-refractivity contribution in [1.82, 2.24) is 10.3 Å². The number of nitrogens with zero attached hydrogens (tertiary/aromatic N) is 2. The number of halogens is 2. The van der Waals surface area contributed by atoms with Crippen LogP contribution in [0, 0.1) is 28.9 Å². The van der Waals surface area contributed by atoms with E-state index >= 15 is 0 Å². The standard InChI is InChI=1S/C22H22F2N4O3/c1-31-19-10-14(23)5-6-16(19)17-11-20(26-12-18(17)24)28-22(30)13-3-2-4-15(9-13)27-21(29)7-8-25/h5-6,10-13,15H,2-4,7,9H2,1H3,(H,27,29)(H,26,28,30)/t13-,15?/m0/s1. The van der Waals surface area contributed by atoms with Gasteiger partial charge in [0.2, 0.25) is 11.8 Å². The molecule has 0 radical (unpaired) electrons. The molecule has 2 N–H and O–H groups in total. The predicted molar refractivity (Wildman–Crippen MR) is 109 cm³/mol. The van der Waals surface area contributed by atoms with Crippen LogP contribution in [0.15, 0.2) is 30.5 Å². The second-order valence-corrected chi connectivity index (χ2v) is 7.35. The molecule has 2 atom stereocenters. The minimum absolute atomic E-state index is 0.118. The van der Waals surface area contributed by atoms with E-state index in [2.05, 4.69) is 15.6 Å². The van der Waals surface area contributed by atoms with Crippen LogP contribution >= 0.6 is 0 Å². The maximum atomic E-state index is 14.4. The van der Waals surface area contributed by atoms with Crippen molar-refractivity contribution >= 4 is 17.6 Å². The Kier molecular flexibility index (Phi) is 7.13. The number of benzene rings is 1. The van der Waals surface area contributed by atoms with E-state index in [1.54, 1.807) is 6.07 Å². The van der Waals surface area contributed by atoms with Crippen LogP contribution in [-0.4, -0.2) is 29.9 Å². The van der Waals surface area contributed by atoms with Crippen LogP contribution in [-0.2, 0) is 9.59 Å². The van der Waals surface area contributed by atoms with Gasteiger partial charge in [-0.1, -0.05) is 6.42 Å². The Morgan fingerprint density at radius 3 is 2.81 bits per heavy atom. The van der Waals surface area contributed by atoms with Gasteiger partial charge < -0.3 is 15.4 Å². The van der Waals surface area contributed by atoms with Crippen LogP contribution < -0.4 is 15.4 Å². The number of nitrogens with one attached hydrogen (secondary N) is 2. The first-order valence-electron chi connectivity index (χ1n) is 9.88. The normalized spacial score (nSPS) is 18.0. The first kappa shape index (κ1) is 22.2. The number of ether oxygens (including phenoxy) is 1. The lowest BCUT2D eigenvalue weighted by Gasteiger charge is -2.28. The fourth-order valence-electron chi connectivity index (χ4n) is 3.74. The molecule has 7 nitrogen and oxygen atoms in total. The fourth-order valence-corrected chi connectivity index (χ4v) is 3.74. The Hall–Kier alpha value is -3.54. The summed E-state index contributed by atoms with van der Waals surface area (Å²) in [6.07, 6.45) is 3.36. The molecule has 1 aromatic carbocycles. The number of carbonyl (C=O) groups is 2. The summed E-state index contributed by atoms with van der Waals surface area (Å²) in [5.74, 6) is -1.83. The van der Waals surface area contributed by atoms with Gasteiger partial charge in [-0.05, 0) is 37.5 Å². The maximum absolute atomic E-state index is 14.4. The van der Waals surface area contributed by atoms with Crippen LogP contribution in [0.5, 0.6) is 5.75 Å². The second kappa shape index (κ2) is 9.98. The monoisotopic (exact) mass is 428 g/mol. The number of nitriles is 1. The molecule has 1 saturated carbocycles. The molecule has 1 aliphatic carbocycles.